The zero-order valence-electron chi connectivity index (χ0n) is 11.6. The first-order valence-electron chi connectivity index (χ1n) is 5.99. The van der Waals surface area contributed by atoms with Crippen LogP contribution in [0, 0.1) is 12.3 Å². The molecule has 0 amide bonds. The van der Waals surface area contributed by atoms with E-state index in [-0.39, 0.29) is 23.6 Å². The molecule has 0 bridgehead atoms. The molecule has 0 aliphatic heterocycles. The number of carbonyl (C=O) groups is 1. The van der Waals surface area contributed by atoms with Crippen LogP contribution in [0.1, 0.15) is 26.3 Å². The number of benzene rings is 1. The van der Waals surface area contributed by atoms with Crippen LogP contribution in [0.15, 0.2) is 23.4 Å². The summed E-state index contributed by atoms with van der Waals surface area (Å²) in [5, 5.41) is 0.813. The highest BCUT2D eigenvalue weighted by Gasteiger charge is 2.21. The van der Waals surface area contributed by atoms with Crippen molar-refractivity contribution in [2.75, 3.05) is 5.75 Å². The van der Waals surface area contributed by atoms with Crippen molar-refractivity contribution < 1.29 is 4.79 Å². The lowest BCUT2D eigenvalue weighted by Crippen LogP contribution is -2.22. The van der Waals surface area contributed by atoms with Gasteiger partial charge >= 0.3 is 0 Å². The van der Waals surface area contributed by atoms with Crippen molar-refractivity contribution in [2.45, 2.75) is 32.9 Å². The van der Waals surface area contributed by atoms with Gasteiger partial charge in [0.2, 0.25) is 0 Å². The van der Waals surface area contributed by atoms with Gasteiger partial charge in [-0.2, -0.15) is 0 Å². The molecule has 0 saturated carbocycles. The van der Waals surface area contributed by atoms with E-state index in [2.05, 4.69) is 23.0 Å². The third kappa shape index (κ3) is 3.98. The van der Waals surface area contributed by atoms with Crippen LogP contribution in [0.2, 0.25) is 0 Å². The SMILES string of the molecule is Cc1ccc2nc(SCC(=O)C(C)(C)C)[nH]c2c1.Cl. The lowest BCUT2D eigenvalue weighted by molar-refractivity contribution is -0.123. The lowest BCUT2D eigenvalue weighted by Gasteiger charge is -2.15. The van der Waals surface area contributed by atoms with Crippen molar-refractivity contribution in [1.29, 1.82) is 0 Å². The molecule has 0 atom stereocenters. The summed E-state index contributed by atoms with van der Waals surface area (Å²) in [6.07, 6.45) is 0. The molecular formula is C14H19ClN2OS. The molecular weight excluding hydrogens is 280 g/mol. The summed E-state index contributed by atoms with van der Waals surface area (Å²) in [5.41, 5.74) is 2.90. The molecule has 0 fully saturated rings. The predicted molar refractivity (Wildman–Crippen MR) is 83.3 cm³/mol. The number of aryl methyl sites for hydroxylation is 1. The van der Waals surface area contributed by atoms with Crippen LogP contribution in [0.3, 0.4) is 0 Å². The van der Waals surface area contributed by atoms with E-state index < -0.39 is 0 Å². The normalized spacial score (nSPS) is 11.4. The Balaban J connectivity index is 0.00000180. The van der Waals surface area contributed by atoms with Crippen LogP contribution in [0.4, 0.5) is 0 Å². The number of hydrogen-bond acceptors (Lipinski definition) is 3. The third-order valence-corrected chi connectivity index (χ3v) is 3.67. The third-order valence-electron chi connectivity index (χ3n) is 2.79. The molecule has 0 saturated heterocycles. The fraction of sp³-hybridized carbons (Fsp3) is 0.429. The second-order valence-corrected chi connectivity index (χ2v) is 6.49. The number of nitrogens with zero attached hydrogens (tertiary/aromatic N) is 1. The molecule has 0 radical (unpaired) electrons. The van der Waals surface area contributed by atoms with E-state index in [0.717, 1.165) is 16.2 Å². The topological polar surface area (TPSA) is 45.8 Å². The minimum Gasteiger partial charge on any atom is -0.333 e. The van der Waals surface area contributed by atoms with Crippen LogP contribution >= 0.6 is 24.2 Å². The summed E-state index contributed by atoms with van der Waals surface area (Å²) in [4.78, 5) is 19.6. The molecule has 0 spiro atoms. The predicted octanol–water partition coefficient (Wildman–Crippen LogP) is 4.00. The summed E-state index contributed by atoms with van der Waals surface area (Å²) in [6.45, 7) is 7.88. The van der Waals surface area contributed by atoms with Gasteiger partial charge in [0.15, 0.2) is 5.16 Å². The molecule has 3 nitrogen and oxygen atoms in total. The van der Waals surface area contributed by atoms with Crippen LogP contribution < -0.4 is 0 Å². The Labute approximate surface area is 124 Å². The molecule has 1 aromatic heterocycles. The zero-order valence-corrected chi connectivity index (χ0v) is 13.2. The van der Waals surface area contributed by atoms with Gasteiger partial charge < -0.3 is 4.98 Å². The maximum atomic E-state index is 11.8. The van der Waals surface area contributed by atoms with Crippen molar-refractivity contribution in [2.24, 2.45) is 5.41 Å². The van der Waals surface area contributed by atoms with Gasteiger partial charge in [0.25, 0.3) is 0 Å². The van der Waals surface area contributed by atoms with Gasteiger partial charge in [-0.05, 0) is 24.6 Å². The van der Waals surface area contributed by atoms with Crippen LogP contribution in [0.25, 0.3) is 11.0 Å². The Morgan fingerprint density at radius 2 is 2.05 bits per heavy atom. The van der Waals surface area contributed by atoms with E-state index in [9.17, 15) is 4.79 Å². The van der Waals surface area contributed by atoms with E-state index in [4.69, 9.17) is 0 Å². The highest BCUT2D eigenvalue weighted by Crippen LogP contribution is 2.23. The molecule has 104 valence electrons. The number of H-pyrrole nitrogens is 1. The van der Waals surface area contributed by atoms with Gasteiger partial charge in [0.05, 0.1) is 16.8 Å². The number of halogens is 1. The van der Waals surface area contributed by atoms with E-state index in [1.54, 1.807) is 0 Å². The first-order chi connectivity index (χ1) is 8.36. The number of fused-ring (bicyclic) bond motifs is 1. The molecule has 1 heterocycles. The Hall–Kier alpha value is -1.00. The van der Waals surface area contributed by atoms with Crippen molar-refractivity contribution in [1.82, 2.24) is 9.97 Å². The van der Waals surface area contributed by atoms with Crippen LogP contribution in [-0.4, -0.2) is 21.5 Å². The Bertz CT molecular complexity index is 587. The van der Waals surface area contributed by atoms with Gasteiger partial charge in [-0.1, -0.05) is 38.6 Å². The highest BCUT2D eigenvalue weighted by molar-refractivity contribution is 7.99. The van der Waals surface area contributed by atoms with E-state index >= 15 is 0 Å². The standard InChI is InChI=1S/C14H18N2OS.ClH/c1-9-5-6-10-11(7-9)16-13(15-10)18-8-12(17)14(2,3)4;/h5-7H,8H2,1-4H3,(H,15,16);1H. The van der Waals surface area contributed by atoms with Gasteiger partial charge in [-0.15, -0.1) is 12.4 Å². The number of carbonyl (C=O) groups excluding carboxylic acids is 1. The molecule has 2 aromatic rings. The summed E-state index contributed by atoms with van der Waals surface area (Å²) in [6, 6.07) is 6.10. The smallest absolute Gasteiger partial charge is 0.166 e. The summed E-state index contributed by atoms with van der Waals surface area (Å²) < 4.78 is 0. The number of ketones is 1. The largest absolute Gasteiger partial charge is 0.333 e. The Kier molecular flexibility index (Phi) is 5.04. The van der Waals surface area contributed by atoms with E-state index in [1.807, 2.05) is 32.9 Å². The Morgan fingerprint density at radius 3 is 2.68 bits per heavy atom. The summed E-state index contributed by atoms with van der Waals surface area (Å²) in [5.74, 6) is 0.701. The summed E-state index contributed by atoms with van der Waals surface area (Å²) in [7, 11) is 0. The first kappa shape index (κ1) is 16.1. The monoisotopic (exact) mass is 298 g/mol. The number of hydrogen-bond donors (Lipinski definition) is 1. The fourth-order valence-electron chi connectivity index (χ4n) is 1.52. The highest BCUT2D eigenvalue weighted by atomic mass is 35.5. The maximum absolute atomic E-state index is 11.8. The van der Waals surface area contributed by atoms with Crippen LogP contribution in [-0.2, 0) is 4.79 Å². The van der Waals surface area contributed by atoms with Gasteiger partial charge in [0, 0.05) is 5.41 Å². The molecule has 0 aliphatic carbocycles. The van der Waals surface area contributed by atoms with Crippen molar-refractivity contribution in [3.8, 4) is 0 Å². The minimum atomic E-state index is -0.282. The molecule has 19 heavy (non-hydrogen) atoms. The Morgan fingerprint density at radius 1 is 1.37 bits per heavy atom. The molecule has 0 unspecified atom stereocenters. The fourth-order valence-corrected chi connectivity index (χ4v) is 2.56. The molecule has 1 aromatic carbocycles. The number of nitrogens with one attached hydrogen (secondary N) is 1. The number of thioether (sulfide) groups is 1. The summed E-state index contributed by atoms with van der Waals surface area (Å²) >= 11 is 1.47. The first-order valence-corrected chi connectivity index (χ1v) is 6.97. The quantitative estimate of drug-likeness (QED) is 0.871. The molecule has 0 aliphatic rings. The molecule has 1 N–H and O–H groups in total. The number of Topliss-reactive ketones (excluding diaryl/α,β-unsaturated/α-hetero) is 1. The van der Waals surface area contributed by atoms with Crippen LogP contribution in [0.5, 0.6) is 0 Å². The second kappa shape index (κ2) is 5.97. The van der Waals surface area contributed by atoms with E-state index in [1.165, 1.54) is 17.3 Å². The zero-order chi connectivity index (χ0) is 13.3. The average Bonchev–Trinajstić information content (AvgIpc) is 2.66. The van der Waals surface area contributed by atoms with Gasteiger partial charge in [0.1, 0.15) is 5.78 Å². The van der Waals surface area contributed by atoms with E-state index in [0.29, 0.717) is 5.75 Å². The second-order valence-electron chi connectivity index (χ2n) is 5.52. The lowest BCUT2D eigenvalue weighted by atomic mass is 9.92. The van der Waals surface area contributed by atoms with Gasteiger partial charge in [-0.3, -0.25) is 4.79 Å². The minimum absolute atomic E-state index is 0. The van der Waals surface area contributed by atoms with Gasteiger partial charge in [-0.25, -0.2) is 4.98 Å². The van der Waals surface area contributed by atoms with Crippen molar-refractivity contribution >= 4 is 41.0 Å². The number of aromatic nitrogens is 2. The van der Waals surface area contributed by atoms with Crippen molar-refractivity contribution in [3.63, 3.8) is 0 Å². The van der Waals surface area contributed by atoms with Crippen molar-refractivity contribution in [3.05, 3.63) is 23.8 Å². The molecule has 5 heteroatoms. The number of aromatic amines is 1. The average molecular weight is 299 g/mol. The maximum Gasteiger partial charge on any atom is 0.166 e. The number of imidazole rings is 1. The molecule has 2 rings (SSSR count). The number of rotatable bonds is 3.